The molecule has 6 rings (SSSR count). The molecule has 3 heterocycles. The van der Waals surface area contributed by atoms with E-state index in [0.717, 1.165) is 81.6 Å². The lowest BCUT2D eigenvalue weighted by atomic mass is 10.0. The van der Waals surface area contributed by atoms with Gasteiger partial charge in [-0.3, -0.25) is 9.69 Å². The van der Waals surface area contributed by atoms with Crippen LogP contribution in [0, 0.1) is 5.92 Å². The van der Waals surface area contributed by atoms with Crippen molar-refractivity contribution in [2.75, 3.05) is 75.2 Å². The zero-order chi connectivity index (χ0) is 30.8. The minimum Gasteiger partial charge on any atom is -0.494 e. The van der Waals surface area contributed by atoms with Crippen LogP contribution in [0.4, 0.5) is 28.8 Å². The molecule has 2 aromatic carbocycles. The van der Waals surface area contributed by atoms with Crippen molar-refractivity contribution >= 4 is 58.8 Å². The predicted octanol–water partition coefficient (Wildman–Crippen LogP) is 5.40. The summed E-state index contributed by atoms with van der Waals surface area (Å²) < 4.78 is 18.6. The van der Waals surface area contributed by atoms with E-state index in [1.54, 1.807) is 20.4 Å². The molecule has 0 atom stereocenters. The molecular formula is C32H41ClN7O3P. The molecule has 3 aromatic rings. The summed E-state index contributed by atoms with van der Waals surface area (Å²) in [5, 5.41) is 7.60. The van der Waals surface area contributed by atoms with Crippen molar-refractivity contribution in [2.45, 2.75) is 31.7 Å². The molecule has 0 radical (unpaired) electrons. The number of amides is 1. The number of para-hydroxylation sites is 1. The van der Waals surface area contributed by atoms with Gasteiger partial charge in [0.25, 0.3) is 0 Å². The Bertz CT molecular complexity index is 1550. The summed E-state index contributed by atoms with van der Waals surface area (Å²) in [6, 6.07) is 14.2. The number of carbonyl (C=O) groups is 1. The van der Waals surface area contributed by atoms with E-state index in [0.29, 0.717) is 46.1 Å². The third-order valence-corrected chi connectivity index (χ3v) is 10.6. The number of ether oxygens (including phenoxy) is 1. The number of methoxy groups -OCH3 is 1. The van der Waals surface area contributed by atoms with Crippen molar-refractivity contribution in [1.82, 2.24) is 19.8 Å². The maximum Gasteiger partial charge on any atom is 0.229 e. The number of nitrogens with zero attached hydrogens (tertiary/aromatic N) is 5. The summed E-state index contributed by atoms with van der Waals surface area (Å²) >= 11 is 6.44. The molecule has 0 unspecified atom stereocenters. The Kier molecular flexibility index (Phi) is 9.03. The highest BCUT2D eigenvalue weighted by Gasteiger charge is 2.36. The van der Waals surface area contributed by atoms with Gasteiger partial charge in [-0.15, -0.1) is 0 Å². The van der Waals surface area contributed by atoms with Crippen molar-refractivity contribution in [1.29, 1.82) is 0 Å². The van der Waals surface area contributed by atoms with E-state index in [4.69, 9.17) is 16.3 Å². The Hall–Kier alpha value is -3.33. The highest BCUT2D eigenvalue weighted by atomic mass is 35.5. The fraction of sp³-hybridized carbons (Fsp3) is 0.469. The maximum absolute atomic E-state index is 12.8. The van der Waals surface area contributed by atoms with Crippen LogP contribution >= 0.6 is 18.7 Å². The summed E-state index contributed by atoms with van der Waals surface area (Å²) in [4.78, 5) is 28.5. The van der Waals surface area contributed by atoms with E-state index >= 15 is 0 Å². The van der Waals surface area contributed by atoms with Gasteiger partial charge in [0, 0.05) is 68.3 Å². The topological polar surface area (TPSA) is 103 Å². The first-order valence-electron chi connectivity index (χ1n) is 15.4. The lowest BCUT2D eigenvalue weighted by Crippen LogP contribution is -2.54. The lowest BCUT2D eigenvalue weighted by molar-refractivity contribution is -0.134. The monoisotopic (exact) mass is 637 g/mol. The first-order chi connectivity index (χ1) is 21.2. The van der Waals surface area contributed by atoms with Gasteiger partial charge in [-0.25, -0.2) is 4.98 Å². The quantitative estimate of drug-likeness (QED) is 0.299. The van der Waals surface area contributed by atoms with Crippen LogP contribution in [0.5, 0.6) is 5.75 Å². The van der Waals surface area contributed by atoms with Crippen LogP contribution in [-0.4, -0.2) is 91.4 Å². The number of halogens is 1. The zero-order valence-corrected chi connectivity index (χ0v) is 27.3. The molecule has 1 aliphatic carbocycles. The maximum atomic E-state index is 12.8. The van der Waals surface area contributed by atoms with E-state index < -0.39 is 7.14 Å². The number of anilines is 5. The van der Waals surface area contributed by atoms with Crippen molar-refractivity contribution in [3.8, 4) is 5.75 Å². The summed E-state index contributed by atoms with van der Waals surface area (Å²) in [5.74, 6) is 2.15. The molecule has 2 saturated heterocycles. The van der Waals surface area contributed by atoms with Gasteiger partial charge in [-0.2, -0.15) is 4.98 Å². The molecule has 2 aliphatic heterocycles. The number of piperazine rings is 1. The van der Waals surface area contributed by atoms with Gasteiger partial charge in [0.1, 0.15) is 17.9 Å². The van der Waals surface area contributed by atoms with Crippen molar-refractivity contribution in [2.24, 2.45) is 5.92 Å². The van der Waals surface area contributed by atoms with Crippen molar-refractivity contribution < 1.29 is 14.1 Å². The van der Waals surface area contributed by atoms with Crippen molar-refractivity contribution in [3.63, 3.8) is 0 Å². The third-order valence-electron chi connectivity index (χ3n) is 8.81. The average Bonchev–Trinajstić information content (AvgIpc) is 3.88. The van der Waals surface area contributed by atoms with E-state index in [1.165, 1.54) is 6.20 Å². The first-order valence-corrected chi connectivity index (χ1v) is 18.3. The number of carbonyl (C=O) groups excluding carboxylic acids is 1. The molecule has 1 aromatic heterocycles. The standard InChI is InChI=1S/C32H41ClN7O3P/c1-43-28-20-24(38-14-12-23(13-15-38)39-16-18-40(19-17-39)31(41)22-8-9-22)10-11-26(28)36-32-34-21-25(33)30(37-32)35-27-6-4-5-7-29(27)44(2,3)42/h4-7,10-11,20-23H,8-9,12-19H2,1-3H3,(H2,34,35,36,37). The number of aromatic nitrogens is 2. The Morgan fingerprint density at radius 2 is 1.68 bits per heavy atom. The molecule has 0 bridgehead atoms. The number of rotatable bonds is 9. The number of nitrogens with one attached hydrogen (secondary N) is 2. The zero-order valence-electron chi connectivity index (χ0n) is 25.6. The smallest absolute Gasteiger partial charge is 0.229 e. The molecule has 2 N–H and O–H groups in total. The van der Waals surface area contributed by atoms with Crippen LogP contribution < -0.4 is 25.6 Å². The van der Waals surface area contributed by atoms with Gasteiger partial charge in [0.15, 0.2) is 5.82 Å². The highest BCUT2D eigenvalue weighted by Crippen LogP contribution is 2.39. The van der Waals surface area contributed by atoms with Gasteiger partial charge in [-0.05, 0) is 63.3 Å². The van der Waals surface area contributed by atoms with Gasteiger partial charge in [0.2, 0.25) is 11.9 Å². The van der Waals surface area contributed by atoms with Gasteiger partial charge < -0.3 is 29.7 Å². The molecule has 3 fully saturated rings. The minimum absolute atomic E-state index is 0.309. The molecule has 44 heavy (non-hydrogen) atoms. The number of piperidine rings is 1. The lowest BCUT2D eigenvalue weighted by Gasteiger charge is -2.43. The van der Waals surface area contributed by atoms with Crippen LogP contribution in [0.1, 0.15) is 25.7 Å². The van der Waals surface area contributed by atoms with Gasteiger partial charge in [-0.1, -0.05) is 23.7 Å². The Labute approximate surface area is 264 Å². The summed E-state index contributed by atoms with van der Waals surface area (Å²) in [6.45, 7) is 9.11. The van der Waals surface area contributed by atoms with E-state index in [9.17, 15) is 9.36 Å². The van der Waals surface area contributed by atoms with Gasteiger partial charge in [0.05, 0.1) is 24.7 Å². The van der Waals surface area contributed by atoms with Gasteiger partial charge >= 0.3 is 0 Å². The molecule has 1 saturated carbocycles. The van der Waals surface area contributed by atoms with Crippen LogP contribution in [0.25, 0.3) is 0 Å². The fourth-order valence-electron chi connectivity index (χ4n) is 6.18. The van der Waals surface area contributed by atoms with E-state index in [1.807, 2.05) is 30.3 Å². The Morgan fingerprint density at radius 3 is 2.36 bits per heavy atom. The van der Waals surface area contributed by atoms with E-state index in [-0.39, 0.29) is 0 Å². The van der Waals surface area contributed by atoms with Crippen LogP contribution in [0.2, 0.25) is 5.02 Å². The second-order valence-electron chi connectivity index (χ2n) is 12.2. The molecule has 12 heteroatoms. The summed E-state index contributed by atoms with van der Waals surface area (Å²) in [7, 11) is -0.863. The second kappa shape index (κ2) is 13.0. The number of hydrogen-bond acceptors (Lipinski definition) is 9. The highest BCUT2D eigenvalue weighted by molar-refractivity contribution is 7.70. The Balaban J connectivity index is 1.08. The van der Waals surface area contributed by atoms with Crippen LogP contribution in [-0.2, 0) is 9.36 Å². The van der Waals surface area contributed by atoms with Crippen LogP contribution in [0.3, 0.4) is 0 Å². The molecule has 3 aliphatic rings. The molecule has 10 nitrogen and oxygen atoms in total. The predicted molar refractivity (Wildman–Crippen MR) is 178 cm³/mol. The molecular weight excluding hydrogens is 597 g/mol. The third kappa shape index (κ3) is 6.98. The molecule has 1 amide bonds. The largest absolute Gasteiger partial charge is 0.494 e. The van der Waals surface area contributed by atoms with Crippen LogP contribution in [0.15, 0.2) is 48.7 Å². The van der Waals surface area contributed by atoms with Crippen molar-refractivity contribution in [3.05, 3.63) is 53.7 Å². The number of benzene rings is 2. The summed E-state index contributed by atoms with van der Waals surface area (Å²) in [6.07, 6.45) is 5.89. The first kappa shape index (κ1) is 30.7. The molecule has 234 valence electrons. The minimum atomic E-state index is -2.52. The van der Waals surface area contributed by atoms with E-state index in [2.05, 4.69) is 47.4 Å². The molecule has 0 spiro atoms. The SMILES string of the molecule is COc1cc(N2CCC(N3CCN(C(=O)C4CC4)CC3)CC2)ccc1Nc1ncc(Cl)c(Nc2ccccc2P(C)(C)=O)n1. The number of hydrogen-bond donors (Lipinski definition) is 2. The second-order valence-corrected chi connectivity index (χ2v) is 15.8. The normalized spacial score (nSPS) is 18.3. The fourth-order valence-corrected chi connectivity index (χ4v) is 7.47. The Morgan fingerprint density at radius 1 is 0.955 bits per heavy atom. The summed E-state index contributed by atoms with van der Waals surface area (Å²) in [5.41, 5.74) is 2.55. The average molecular weight is 638 g/mol.